The molecule has 1 amide bonds. The fraction of sp³-hybridized carbons (Fsp3) is 0.588. The molecule has 110 valence electrons. The van der Waals surface area contributed by atoms with Crippen molar-refractivity contribution in [2.75, 3.05) is 6.54 Å². The van der Waals surface area contributed by atoms with Crippen molar-refractivity contribution in [3.8, 4) is 0 Å². The Morgan fingerprint density at radius 2 is 2.20 bits per heavy atom. The second kappa shape index (κ2) is 6.89. The molecule has 1 aliphatic heterocycles. The number of amides is 1. The minimum atomic E-state index is -0.0276. The Bertz CT molecular complexity index is 458. The molecule has 1 fully saturated rings. The van der Waals surface area contributed by atoms with E-state index < -0.39 is 0 Å². The van der Waals surface area contributed by atoms with Crippen LogP contribution in [0.2, 0.25) is 0 Å². The molecule has 0 saturated carbocycles. The lowest BCUT2D eigenvalue weighted by Crippen LogP contribution is -2.49. The number of hydrogen-bond donors (Lipinski definition) is 2. The predicted molar refractivity (Wildman–Crippen MR) is 82.5 cm³/mol. The zero-order valence-corrected chi connectivity index (χ0v) is 12.8. The van der Waals surface area contributed by atoms with E-state index in [2.05, 4.69) is 43.5 Å². The Morgan fingerprint density at radius 1 is 1.45 bits per heavy atom. The van der Waals surface area contributed by atoms with Gasteiger partial charge in [-0.15, -0.1) is 0 Å². The fourth-order valence-corrected chi connectivity index (χ4v) is 3.03. The molecule has 2 unspecified atom stereocenters. The van der Waals surface area contributed by atoms with Crippen molar-refractivity contribution in [2.24, 2.45) is 5.92 Å². The van der Waals surface area contributed by atoms with E-state index in [0.717, 1.165) is 13.0 Å². The highest BCUT2D eigenvalue weighted by atomic mass is 16.2. The van der Waals surface area contributed by atoms with Gasteiger partial charge in [0.25, 0.3) is 0 Å². The molecule has 0 aromatic heterocycles. The molecule has 3 heteroatoms. The molecule has 0 radical (unpaired) electrons. The summed E-state index contributed by atoms with van der Waals surface area (Å²) in [7, 11) is 0. The summed E-state index contributed by atoms with van der Waals surface area (Å²) in [5.41, 5.74) is 2.42. The van der Waals surface area contributed by atoms with Gasteiger partial charge in [-0.2, -0.15) is 0 Å². The van der Waals surface area contributed by atoms with Crippen LogP contribution >= 0.6 is 0 Å². The lowest BCUT2D eigenvalue weighted by Gasteiger charge is -2.30. The Hall–Kier alpha value is -1.35. The fourth-order valence-electron chi connectivity index (χ4n) is 3.03. The van der Waals surface area contributed by atoms with Crippen LogP contribution < -0.4 is 10.6 Å². The van der Waals surface area contributed by atoms with Gasteiger partial charge in [0, 0.05) is 0 Å². The van der Waals surface area contributed by atoms with E-state index >= 15 is 0 Å². The van der Waals surface area contributed by atoms with Crippen molar-refractivity contribution in [3.05, 3.63) is 35.4 Å². The van der Waals surface area contributed by atoms with Crippen LogP contribution in [0, 0.1) is 12.8 Å². The molecule has 1 heterocycles. The van der Waals surface area contributed by atoms with Gasteiger partial charge in [-0.05, 0) is 50.3 Å². The topological polar surface area (TPSA) is 41.1 Å². The van der Waals surface area contributed by atoms with Crippen molar-refractivity contribution in [2.45, 2.75) is 52.1 Å². The van der Waals surface area contributed by atoms with Crippen LogP contribution in [0.1, 0.15) is 50.3 Å². The number of benzene rings is 1. The molecule has 1 saturated heterocycles. The Morgan fingerprint density at radius 3 is 2.90 bits per heavy atom. The second-order valence-corrected chi connectivity index (χ2v) is 5.89. The maximum Gasteiger partial charge on any atom is 0.237 e. The quantitative estimate of drug-likeness (QED) is 0.886. The van der Waals surface area contributed by atoms with Gasteiger partial charge in [0.15, 0.2) is 0 Å². The molecule has 2 N–H and O–H groups in total. The van der Waals surface area contributed by atoms with E-state index in [-0.39, 0.29) is 18.0 Å². The van der Waals surface area contributed by atoms with E-state index in [1.807, 2.05) is 12.1 Å². The number of carbonyl (C=O) groups excluding carboxylic acids is 1. The summed E-state index contributed by atoms with van der Waals surface area (Å²) in [6.45, 7) is 7.31. The summed E-state index contributed by atoms with van der Waals surface area (Å²) in [5, 5.41) is 6.49. The molecular weight excluding hydrogens is 248 g/mol. The monoisotopic (exact) mass is 274 g/mol. The molecule has 0 aliphatic carbocycles. The van der Waals surface area contributed by atoms with Crippen molar-refractivity contribution in [1.29, 1.82) is 0 Å². The van der Waals surface area contributed by atoms with Crippen molar-refractivity contribution in [3.63, 3.8) is 0 Å². The van der Waals surface area contributed by atoms with E-state index in [0.29, 0.717) is 5.92 Å². The van der Waals surface area contributed by atoms with Gasteiger partial charge in [0.05, 0.1) is 12.1 Å². The Balaban J connectivity index is 1.95. The van der Waals surface area contributed by atoms with E-state index in [1.165, 1.54) is 24.0 Å². The third-order valence-corrected chi connectivity index (χ3v) is 4.42. The summed E-state index contributed by atoms with van der Waals surface area (Å²) in [6, 6.07) is 8.26. The molecule has 2 rings (SSSR count). The van der Waals surface area contributed by atoms with Gasteiger partial charge in [-0.1, -0.05) is 37.6 Å². The summed E-state index contributed by atoms with van der Waals surface area (Å²) < 4.78 is 0. The summed E-state index contributed by atoms with van der Waals surface area (Å²) >= 11 is 0. The van der Waals surface area contributed by atoms with Gasteiger partial charge in [0.2, 0.25) is 5.91 Å². The summed E-state index contributed by atoms with van der Waals surface area (Å²) in [6.07, 6.45) is 3.31. The molecule has 20 heavy (non-hydrogen) atoms. The van der Waals surface area contributed by atoms with Crippen molar-refractivity contribution < 1.29 is 4.79 Å². The molecule has 3 nitrogen and oxygen atoms in total. The van der Waals surface area contributed by atoms with Crippen LogP contribution in [0.3, 0.4) is 0 Å². The maximum atomic E-state index is 12.4. The van der Waals surface area contributed by atoms with Crippen molar-refractivity contribution >= 4 is 5.91 Å². The van der Waals surface area contributed by atoms with Crippen molar-refractivity contribution in [1.82, 2.24) is 10.6 Å². The summed E-state index contributed by atoms with van der Waals surface area (Å²) in [4.78, 5) is 12.4. The number of rotatable bonds is 4. The SMILES string of the molecule is CCC1CCNC(C(=O)N[C@@H](C)c2ccccc2C)C1. The van der Waals surface area contributed by atoms with E-state index in [1.54, 1.807) is 0 Å². The Kier molecular flexibility index (Phi) is 5.18. The minimum Gasteiger partial charge on any atom is -0.348 e. The van der Waals surface area contributed by atoms with Crippen LogP contribution in [-0.4, -0.2) is 18.5 Å². The molecular formula is C17H26N2O. The normalized spacial score (nSPS) is 24.1. The average Bonchev–Trinajstić information content (AvgIpc) is 2.47. The molecule has 1 aromatic rings. The standard InChI is InChI=1S/C17H26N2O/c1-4-14-9-10-18-16(11-14)17(20)19-13(3)15-8-6-5-7-12(15)2/h5-8,13-14,16,18H,4,9-11H2,1-3H3,(H,19,20)/t13-,14?,16?/m0/s1. The first-order valence-electron chi connectivity index (χ1n) is 7.71. The van der Waals surface area contributed by atoms with Gasteiger partial charge < -0.3 is 10.6 Å². The highest BCUT2D eigenvalue weighted by molar-refractivity contribution is 5.82. The van der Waals surface area contributed by atoms with Crippen LogP contribution in [0.4, 0.5) is 0 Å². The largest absolute Gasteiger partial charge is 0.348 e. The first-order chi connectivity index (χ1) is 9.61. The molecule has 1 aliphatic rings. The van der Waals surface area contributed by atoms with Gasteiger partial charge in [-0.25, -0.2) is 0 Å². The molecule has 0 bridgehead atoms. The maximum absolute atomic E-state index is 12.4. The molecule has 0 spiro atoms. The lowest BCUT2D eigenvalue weighted by molar-refractivity contribution is -0.124. The second-order valence-electron chi connectivity index (χ2n) is 5.89. The third kappa shape index (κ3) is 3.60. The molecule has 3 atom stereocenters. The number of nitrogens with one attached hydrogen (secondary N) is 2. The number of piperidine rings is 1. The third-order valence-electron chi connectivity index (χ3n) is 4.42. The minimum absolute atomic E-state index is 0.0276. The number of hydrogen-bond acceptors (Lipinski definition) is 2. The van der Waals surface area contributed by atoms with E-state index in [4.69, 9.17) is 0 Å². The highest BCUT2D eigenvalue weighted by Crippen LogP contribution is 2.21. The van der Waals surface area contributed by atoms with E-state index in [9.17, 15) is 4.79 Å². The van der Waals surface area contributed by atoms with Gasteiger partial charge in [-0.3, -0.25) is 4.79 Å². The first-order valence-corrected chi connectivity index (χ1v) is 7.71. The summed E-state index contributed by atoms with van der Waals surface area (Å²) in [5.74, 6) is 0.819. The first kappa shape index (κ1) is 15.0. The Labute approximate surface area is 122 Å². The number of carbonyl (C=O) groups is 1. The van der Waals surface area contributed by atoms with Crippen LogP contribution in [-0.2, 0) is 4.79 Å². The smallest absolute Gasteiger partial charge is 0.237 e. The van der Waals surface area contributed by atoms with Crippen LogP contribution in [0.15, 0.2) is 24.3 Å². The lowest BCUT2D eigenvalue weighted by atomic mass is 9.90. The van der Waals surface area contributed by atoms with Gasteiger partial charge in [0.1, 0.15) is 0 Å². The van der Waals surface area contributed by atoms with Crippen LogP contribution in [0.25, 0.3) is 0 Å². The number of aryl methyl sites for hydroxylation is 1. The van der Waals surface area contributed by atoms with Crippen LogP contribution in [0.5, 0.6) is 0 Å². The zero-order chi connectivity index (χ0) is 14.5. The predicted octanol–water partition coefficient (Wildman–Crippen LogP) is 2.95. The average molecular weight is 274 g/mol. The van der Waals surface area contributed by atoms with Gasteiger partial charge >= 0.3 is 0 Å². The zero-order valence-electron chi connectivity index (χ0n) is 12.8. The molecule has 1 aromatic carbocycles. The highest BCUT2D eigenvalue weighted by Gasteiger charge is 2.26.